The first-order valence-corrected chi connectivity index (χ1v) is 9.58. The van der Waals surface area contributed by atoms with E-state index < -0.39 is 0 Å². The lowest BCUT2D eigenvalue weighted by atomic mass is 9.95. The van der Waals surface area contributed by atoms with Crippen molar-refractivity contribution in [2.45, 2.75) is 43.3 Å². The maximum absolute atomic E-state index is 12.3. The highest BCUT2D eigenvalue weighted by atomic mass is 32.2. The maximum atomic E-state index is 12.3. The van der Waals surface area contributed by atoms with Crippen molar-refractivity contribution in [3.63, 3.8) is 0 Å². The van der Waals surface area contributed by atoms with Gasteiger partial charge in [-0.1, -0.05) is 43.2 Å². The summed E-state index contributed by atoms with van der Waals surface area (Å²) in [4.78, 5) is 20.1. The summed E-state index contributed by atoms with van der Waals surface area (Å²) < 4.78 is 2.38. The van der Waals surface area contributed by atoms with Crippen LogP contribution in [0.4, 0.5) is 0 Å². The standard InChI is InChI=1S/C19H21N3OS/c23-18(16-10-6-12-20-16)13-24-19-21-15-9-4-5-11-17(15)22(19)14-7-2-1-3-8-14/h4-6,9-12,14,20H,1-3,7-8,13H2. The molecular formula is C19H21N3OS. The fraction of sp³-hybridized carbons (Fsp3) is 0.368. The maximum Gasteiger partial charge on any atom is 0.189 e. The molecule has 1 saturated carbocycles. The molecule has 1 N–H and O–H groups in total. The molecule has 0 saturated heterocycles. The van der Waals surface area contributed by atoms with E-state index in [9.17, 15) is 4.79 Å². The third-order valence-electron chi connectivity index (χ3n) is 4.73. The number of carbonyl (C=O) groups excluding carboxylic acids is 1. The van der Waals surface area contributed by atoms with E-state index in [0.717, 1.165) is 10.7 Å². The SMILES string of the molecule is O=C(CSc1nc2ccccc2n1C1CCCCC1)c1ccc[nH]1. The number of carbonyl (C=O) groups is 1. The van der Waals surface area contributed by atoms with Gasteiger partial charge in [0, 0.05) is 12.2 Å². The van der Waals surface area contributed by atoms with Gasteiger partial charge in [0.25, 0.3) is 0 Å². The molecule has 1 aliphatic rings. The monoisotopic (exact) mass is 339 g/mol. The summed E-state index contributed by atoms with van der Waals surface area (Å²) in [5, 5.41) is 0.975. The quantitative estimate of drug-likeness (QED) is 0.534. The zero-order valence-corrected chi connectivity index (χ0v) is 14.4. The number of ketones is 1. The van der Waals surface area contributed by atoms with Crippen LogP contribution in [0.15, 0.2) is 47.8 Å². The molecule has 24 heavy (non-hydrogen) atoms. The summed E-state index contributed by atoms with van der Waals surface area (Å²) >= 11 is 1.56. The number of nitrogens with zero attached hydrogens (tertiary/aromatic N) is 2. The van der Waals surface area contributed by atoms with Crippen LogP contribution in [0.25, 0.3) is 11.0 Å². The second kappa shape index (κ2) is 6.85. The van der Waals surface area contributed by atoms with Gasteiger partial charge in [-0.3, -0.25) is 4.79 Å². The molecule has 0 atom stereocenters. The Morgan fingerprint density at radius 1 is 1.17 bits per heavy atom. The highest BCUT2D eigenvalue weighted by Crippen LogP contribution is 2.35. The van der Waals surface area contributed by atoms with E-state index in [0.29, 0.717) is 17.5 Å². The van der Waals surface area contributed by atoms with Crippen molar-refractivity contribution in [2.75, 3.05) is 5.75 Å². The van der Waals surface area contributed by atoms with E-state index in [4.69, 9.17) is 4.98 Å². The molecular weight excluding hydrogens is 318 g/mol. The molecule has 0 unspecified atom stereocenters. The van der Waals surface area contributed by atoms with E-state index in [2.05, 4.69) is 27.8 Å². The van der Waals surface area contributed by atoms with E-state index in [1.807, 2.05) is 18.2 Å². The zero-order valence-electron chi connectivity index (χ0n) is 13.6. The number of imidazole rings is 1. The van der Waals surface area contributed by atoms with Gasteiger partial charge in [0.05, 0.1) is 22.5 Å². The number of fused-ring (bicyclic) bond motifs is 1. The summed E-state index contributed by atoms with van der Waals surface area (Å²) in [7, 11) is 0. The van der Waals surface area contributed by atoms with Crippen LogP contribution in [0.1, 0.15) is 48.6 Å². The number of thioether (sulfide) groups is 1. The lowest BCUT2D eigenvalue weighted by molar-refractivity contribution is 0.101. The number of para-hydroxylation sites is 2. The first-order valence-electron chi connectivity index (χ1n) is 8.59. The molecule has 4 rings (SSSR count). The highest BCUT2D eigenvalue weighted by Gasteiger charge is 2.22. The molecule has 3 aromatic rings. The van der Waals surface area contributed by atoms with E-state index in [-0.39, 0.29) is 5.78 Å². The minimum absolute atomic E-state index is 0.118. The molecule has 2 aromatic heterocycles. The summed E-state index contributed by atoms with van der Waals surface area (Å²) in [6.07, 6.45) is 8.09. The number of aromatic nitrogens is 3. The van der Waals surface area contributed by atoms with Gasteiger partial charge in [-0.2, -0.15) is 0 Å². The van der Waals surface area contributed by atoms with Gasteiger partial charge in [0.2, 0.25) is 0 Å². The van der Waals surface area contributed by atoms with Gasteiger partial charge >= 0.3 is 0 Å². The third-order valence-corrected chi connectivity index (χ3v) is 5.69. The predicted octanol–water partition coefficient (Wildman–Crippen LogP) is 4.84. The fourth-order valence-electron chi connectivity index (χ4n) is 3.53. The topological polar surface area (TPSA) is 50.7 Å². The molecule has 0 aliphatic heterocycles. The Hall–Kier alpha value is -2.01. The van der Waals surface area contributed by atoms with Crippen LogP contribution in [-0.2, 0) is 0 Å². The molecule has 5 heteroatoms. The van der Waals surface area contributed by atoms with Crippen LogP contribution >= 0.6 is 11.8 Å². The number of hydrogen-bond acceptors (Lipinski definition) is 3. The van der Waals surface area contributed by atoms with Crippen LogP contribution in [0.3, 0.4) is 0 Å². The predicted molar refractivity (Wildman–Crippen MR) is 97.7 cm³/mol. The molecule has 4 nitrogen and oxygen atoms in total. The van der Waals surface area contributed by atoms with E-state index in [1.54, 1.807) is 18.0 Å². The normalized spacial score (nSPS) is 15.8. The van der Waals surface area contributed by atoms with Crippen molar-refractivity contribution in [3.05, 3.63) is 48.3 Å². The zero-order chi connectivity index (χ0) is 16.4. The van der Waals surface area contributed by atoms with Crippen LogP contribution in [0.5, 0.6) is 0 Å². The lowest BCUT2D eigenvalue weighted by Crippen LogP contribution is -2.14. The molecule has 2 heterocycles. The Bertz CT molecular complexity index is 832. The van der Waals surface area contributed by atoms with Crippen LogP contribution in [0.2, 0.25) is 0 Å². The molecule has 0 amide bonds. The van der Waals surface area contributed by atoms with E-state index >= 15 is 0 Å². The van der Waals surface area contributed by atoms with Gasteiger partial charge in [0.15, 0.2) is 10.9 Å². The number of Topliss-reactive ketones (excluding diaryl/α,β-unsaturated/α-hetero) is 1. The lowest BCUT2D eigenvalue weighted by Gasteiger charge is -2.25. The molecule has 1 fully saturated rings. The number of benzene rings is 1. The Morgan fingerprint density at radius 2 is 2.00 bits per heavy atom. The summed E-state index contributed by atoms with van der Waals surface area (Å²) in [5.41, 5.74) is 2.89. The number of nitrogens with one attached hydrogen (secondary N) is 1. The van der Waals surface area contributed by atoms with Crippen molar-refractivity contribution in [3.8, 4) is 0 Å². The van der Waals surface area contributed by atoms with E-state index in [1.165, 1.54) is 37.6 Å². The molecule has 0 radical (unpaired) electrons. The fourth-order valence-corrected chi connectivity index (χ4v) is 4.49. The van der Waals surface area contributed by atoms with Gasteiger partial charge in [-0.15, -0.1) is 0 Å². The Balaban J connectivity index is 1.62. The minimum atomic E-state index is 0.118. The molecule has 1 aliphatic carbocycles. The van der Waals surface area contributed by atoms with Crippen molar-refractivity contribution in [2.24, 2.45) is 0 Å². The summed E-state index contributed by atoms with van der Waals surface area (Å²) in [6.45, 7) is 0. The Kier molecular flexibility index (Phi) is 4.43. The largest absolute Gasteiger partial charge is 0.359 e. The second-order valence-corrected chi connectivity index (χ2v) is 7.28. The van der Waals surface area contributed by atoms with Crippen molar-refractivity contribution in [1.82, 2.24) is 14.5 Å². The number of H-pyrrole nitrogens is 1. The molecule has 0 spiro atoms. The Morgan fingerprint density at radius 3 is 2.79 bits per heavy atom. The number of hydrogen-bond donors (Lipinski definition) is 1. The van der Waals surface area contributed by atoms with Crippen molar-refractivity contribution in [1.29, 1.82) is 0 Å². The highest BCUT2D eigenvalue weighted by molar-refractivity contribution is 7.99. The first kappa shape index (κ1) is 15.5. The van der Waals surface area contributed by atoms with Crippen LogP contribution in [-0.4, -0.2) is 26.1 Å². The first-order chi connectivity index (χ1) is 11.8. The average Bonchev–Trinajstić information content (AvgIpc) is 3.28. The van der Waals surface area contributed by atoms with Crippen LogP contribution in [0, 0.1) is 0 Å². The molecule has 0 bridgehead atoms. The third kappa shape index (κ3) is 3.00. The molecule has 124 valence electrons. The van der Waals surface area contributed by atoms with Gasteiger partial charge < -0.3 is 9.55 Å². The number of rotatable bonds is 5. The summed E-state index contributed by atoms with van der Waals surface area (Å²) in [6, 6.07) is 12.5. The van der Waals surface area contributed by atoms with Crippen LogP contribution < -0.4 is 0 Å². The van der Waals surface area contributed by atoms with Gasteiger partial charge in [0.1, 0.15) is 0 Å². The smallest absolute Gasteiger partial charge is 0.189 e. The van der Waals surface area contributed by atoms with Gasteiger partial charge in [-0.25, -0.2) is 4.98 Å². The molecule has 1 aromatic carbocycles. The van der Waals surface area contributed by atoms with Crippen molar-refractivity contribution < 1.29 is 4.79 Å². The Labute approximate surface area is 145 Å². The number of aromatic amines is 1. The average molecular weight is 339 g/mol. The summed E-state index contributed by atoms with van der Waals surface area (Å²) in [5.74, 6) is 0.531. The second-order valence-electron chi connectivity index (χ2n) is 6.34. The van der Waals surface area contributed by atoms with Crippen molar-refractivity contribution >= 4 is 28.6 Å². The van der Waals surface area contributed by atoms with Gasteiger partial charge in [-0.05, 0) is 37.1 Å². The minimum Gasteiger partial charge on any atom is -0.359 e.